The van der Waals surface area contributed by atoms with E-state index in [1.54, 1.807) is 24.3 Å². The van der Waals surface area contributed by atoms with E-state index < -0.39 is 11.8 Å². The van der Waals surface area contributed by atoms with Gasteiger partial charge in [-0.2, -0.15) is 4.99 Å². The maximum atomic E-state index is 12.8. The van der Waals surface area contributed by atoms with Crippen molar-refractivity contribution in [1.82, 2.24) is 4.90 Å². The summed E-state index contributed by atoms with van der Waals surface area (Å²) in [5, 5.41) is 0.586. The van der Waals surface area contributed by atoms with E-state index >= 15 is 0 Å². The van der Waals surface area contributed by atoms with Gasteiger partial charge in [-0.25, -0.2) is 4.90 Å². The van der Waals surface area contributed by atoms with Gasteiger partial charge in [0, 0.05) is 25.6 Å². The fraction of sp³-hybridized carbons (Fsp3) is 0.294. The van der Waals surface area contributed by atoms with E-state index in [0.29, 0.717) is 42.7 Å². The fourth-order valence-corrected chi connectivity index (χ4v) is 4.15. The minimum Gasteiger partial charge on any atom is -0.378 e. The molecule has 3 aliphatic heterocycles. The van der Waals surface area contributed by atoms with Gasteiger partial charge in [-0.1, -0.05) is 18.2 Å². The number of morpholine rings is 1. The van der Waals surface area contributed by atoms with E-state index in [1.807, 2.05) is 4.90 Å². The number of nitrogens with zero attached hydrogens (tertiary/aromatic N) is 3. The Morgan fingerprint density at radius 3 is 2.64 bits per heavy atom. The number of thioether (sulfide) groups is 1. The van der Waals surface area contributed by atoms with Crippen LogP contribution in [0.5, 0.6) is 0 Å². The highest BCUT2D eigenvalue weighted by Crippen LogP contribution is 2.43. The number of aliphatic imine (C=N–C) groups is 1. The quantitative estimate of drug-likeness (QED) is 0.650. The molecule has 0 radical (unpaired) electrons. The summed E-state index contributed by atoms with van der Waals surface area (Å²) in [5.41, 5.74) is 1.36. The molecule has 0 aliphatic carbocycles. The summed E-state index contributed by atoms with van der Waals surface area (Å²) >= 11 is 1.20. The topological polar surface area (TPSA) is 79.3 Å². The molecule has 8 heteroatoms. The predicted octanol–water partition coefficient (Wildman–Crippen LogP) is 1.25. The zero-order valence-corrected chi connectivity index (χ0v) is 14.3. The largest absolute Gasteiger partial charge is 0.378 e. The molecule has 4 rings (SSSR count). The highest BCUT2D eigenvalue weighted by molar-refractivity contribution is 8.18. The number of ether oxygens (including phenoxy) is 1. The molecule has 3 heterocycles. The van der Waals surface area contributed by atoms with Gasteiger partial charge >= 0.3 is 0 Å². The molecular weight excluding hydrogens is 342 g/mol. The van der Waals surface area contributed by atoms with E-state index in [9.17, 15) is 14.4 Å². The second kappa shape index (κ2) is 6.12. The van der Waals surface area contributed by atoms with Crippen LogP contribution >= 0.6 is 11.8 Å². The van der Waals surface area contributed by atoms with Crippen molar-refractivity contribution in [3.05, 3.63) is 34.7 Å². The monoisotopic (exact) mass is 357 g/mol. The summed E-state index contributed by atoms with van der Waals surface area (Å²) in [6.45, 7) is 3.82. The molecule has 0 saturated carbocycles. The summed E-state index contributed by atoms with van der Waals surface area (Å²) in [7, 11) is 0. The van der Waals surface area contributed by atoms with Gasteiger partial charge in [-0.05, 0) is 17.8 Å². The third-order valence-corrected chi connectivity index (χ3v) is 5.35. The summed E-state index contributed by atoms with van der Waals surface area (Å²) < 4.78 is 5.32. The van der Waals surface area contributed by atoms with Gasteiger partial charge < -0.3 is 9.64 Å². The number of para-hydroxylation sites is 1. The number of carbonyl (C=O) groups excluding carboxylic acids is 3. The van der Waals surface area contributed by atoms with Crippen LogP contribution < -0.4 is 4.90 Å². The number of fused-ring (bicyclic) bond motifs is 1. The Labute approximate surface area is 148 Å². The molecule has 128 valence electrons. The molecule has 1 aromatic carbocycles. The van der Waals surface area contributed by atoms with Crippen molar-refractivity contribution in [2.24, 2.45) is 4.99 Å². The van der Waals surface area contributed by atoms with Gasteiger partial charge in [-0.15, -0.1) is 0 Å². The smallest absolute Gasteiger partial charge is 0.287 e. The molecule has 0 atom stereocenters. The second-order valence-electron chi connectivity index (χ2n) is 5.78. The lowest BCUT2D eigenvalue weighted by Crippen LogP contribution is -2.38. The van der Waals surface area contributed by atoms with Crippen LogP contribution in [0, 0.1) is 0 Å². The molecule has 0 spiro atoms. The van der Waals surface area contributed by atoms with Crippen LogP contribution in [0.15, 0.2) is 34.2 Å². The molecule has 0 bridgehead atoms. The summed E-state index contributed by atoms with van der Waals surface area (Å²) in [4.78, 5) is 44.7. The first-order valence-electron chi connectivity index (χ1n) is 7.90. The standard InChI is InChI=1S/C17H15N3O4S/c1-10(21)20-12-5-3-2-4-11(12)13(16(20)23)14-15(22)18-17(25-14)19-6-8-24-9-7-19/h2-5H,6-9H2,1H3. The number of hydrogen-bond donors (Lipinski definition) is 0. The molecule has 7 nitrogen and oxygen atoms in total. The fourth-order valence-electron chi connectivity index (χ4n) is 3.09. The lowest BCUT2D eigenvalue weighted by Gasteiger charge is -2.27. The van der Waals surface area contributed by atoms with Gasteiger partial charge in [-0.3, -0.25) is 14.4 Å². The van der Waals surface area contributed by atoms with E-state index in [2.05, 4.69) is 4.99 Å². The number of carbonyl (C=O) groups is 3. The van der Waals surface area contributed by atoms with Crippen LogP contribution in [0.4, 0.5) is 5.69 Å². The molecule has 3 aliphatic rings. The Bertz CT molecular complexity index is 855. The van der Waals surface area contributed by atoms with Crippen LogP contribution in [-0.4, -0.2) is 54.1 Å². The van der Waals surface area contributed by atoms with Crippen molar-refractivity contribution in [3.63, 3.8) is 0 Å². The van der Waals surface area contributed by atoms with Gasteiger partial charge in [0.05, 0.1) is 29.4 Å². The number of rotatable bonds is 0. The molecule has 0 aromatic heterocycles. The van der Waals surface area contributed by atoms with Crippen LogP contribution in [0.1, 0.15) is 12.5 Å². The molecule has 1 saturated heterocycles. The predicted molar refractivity (Wildman–Crippen MR) is 94.0 cm³/mol. The number of hydrogen-bond acceptors (Lipinski definition) is 6. The van der Waals surface area contributed by atoms with Crippen LogP contribution in [-0.2, 0) is 19.1 Å². The normalized spacial score (nSPS) is 23.2. The zero-order chi connectivity index (χ0) is 17.6. The number of amides is 3. The number of amidine groups is 1. The number of benzene rings is 1. The van der Waals surface area contributed by atoms with Crippen molar-refractivity contribution in [1.29, 1.82) is 0 Å². The molecule has 3 amide bonds. The Kier molecular flexibility index (Phi) is 3.93. The highest BCUT2D eigenvalue weighted by atomic mass is 32.2. The minimum absolute atomic E-state index is 0.257. The lowest BCUT2D eigenvalue weighted by atomic mass is 10.1. The highest BCUT2D eigenvalue weighted by Gasteiger charge is 2.41. The first-order chi connectivity index (χ1) is 12.1. The maximum Gasteiger partial charge on any atom is 0.287 e. The third-order valence-electron chi connectivity index (χ3n) is 4.24. The SMILES string of the molecule is CC(=O)N1C(=O)C(=C2SC(N3CCOCC3)=NC2=O)c2ccccc21. The third kappa shape index (κ3) is 2.58. The van der Waals surface area contributed by atoms with Gasteiger partial charge in [0.1, 0.15) is 0 Å². The Hall–Kier alpha value is -2.45. The molecule has 0 unspecified atom stereocenters. The number of anilines is 1. The van der Waals surface area contributed by atoms with Gasteiger partial charge in [0.25, 0.3) is 11.8 Å². The van der Waals surface area contributed by atoms with Crippen molar-refractivity contribution >= 4 is 45.9 Å². The van der Waals surface area contributed by atoms with Crippen LogP contribution in [0.3, 0.4) is 0 Å². The minimum atomic E-state index is -0.469. The molecule has 1 fully saturated rings. The van der Waals surface area contributed by atoms with Crippen molar-refractivity contribution in [2.75, 3.05) is 31.2 Å². The van der Waals surface area contributed by atoms with Gasteiger partial charge in [0.15, 0.2) is 5.17 Å². The van der Waals surface area contributed by atoms with E-state index in [1.165, 1.54) is 18.7 Å². The average molecular weight is 357 g/mol. The van der Waals surface area contributed by atoms with Crippen LogP contribution in [0.25, 0.3) is 5.57 Å². The van der Waals surface area contributed by atoms with Gasteiger partial charge in [0.2, 0.25) is 5.91 Å². The summed E-state index contributed by atoms with van der Waals surface area (Å²) in [6, 6.07) is 6.99. The Morgan fingerprint density at radius 2 is 1.92 bits per heavy atom. The lowest BCUT2D eigenvalue weighted by molar-refractivity contribution is -0.122. The number of imide groups is 1. The Morgan fingerprint density at radius 1 is 1.20 bits per heavy atom. The van der Waals surface area contributed by atoms with Crippen molar-refractivity contribution < 1.29 is 19.1 Å². The van der Waals surface area contributed by atoms with E-state index in [4.69, 9.17) is 4.74 Å². The second-order valence-corrected chi connectivity index (χ2v) is 6.76. The zero-order valence-electron chi connectivity index (χ0n) is 13.5. The van der Waals surface area contributed by atoms with Crippen molar-refractivity contribution in [2.45, 2.75) is 6.92 Å². The molecule has 25 heavy (non-hydrogen) atoms. The maximum absolute atomic E-state index is 12.8. The molecule has 0 N–H and O–H groups in total. The average Bonchev–Trinajstić information content (AvgIpc) is 3.12. The Balaban J connectivity index is 1.75. The van der Waals surface area contributed by atoms with Crippen molar-refractivity contribution in [3.8, 4) is 0 Å². The first kappa shape index (κ1) is 16.0. The van der Waals surface area contributed by atoms with Crippen LogP contribution in [0.2, 0.25) is 0 Å². The summed E-state index contributed by atoms with van der Waals surface area (Å²) in [5.74, 6) is -1.28. The molecular formula is C17H15N3O4S. The molecule has 1 aromatic rings. The first-order valence-corrected chi connectivity index (χ1v) is 8.72. The van der Waals surface area contributed by atoms with E-state index in [0.717, 1.165) is 4.90 Å². The summed E-state index contributed by atoms with van der Waals surface area (Å²) in [6.07, 6.45) is 0. The van der Waals surface area contributed by atoms with E-state index in [-0.39, 0.29) is 16.4 Å².